The van der Waals surface area contributed by atoms with E-state index in [2.05, 4.69) is 31.1 Å². The summed E-state index contributed by atoms with van der Waals surface area (Å²) in [5, 5.41) is 3.26. The molecule has 2 fully saturated rings. The number of aromatic nitrogens is 1. The first-order chi connectivity index (χ1) is 19.8. The summed E-state index contributed by atoms with van der Waals surface area (Å²) in [4.78, 5) is 49.7. The monoisotopic (exact) mass is 576 g/mol. The third-order valence-corrected chi connectivity index (χ3v) is 8.12. The standard InChI is InChI=1S/C34H48N4O4/c1-33(2,3)25-17-19-27(20-18-25)38(31(40)28-16-10-11-22-37(28)32(41)42-34(4,5)6)29(24-13-12-21-35-23-24)30(39)36-26-14-8-7-9-15-26/h12-13,17-21,23,26,28-29H,7-11,14-16,22H2,1-6H3,(H,36,39). The number of benzene rings is 1. The van der Waals surface area contributed by atoms with Crippen LogP contribution in [0.25, 0.3) is 0 Å². The number of amides is 3. The molecule has 0 bridgehead atoms. The highest BCUT2D eigenvalue weighted by molar-refractivity contribution is 6.04. The van der Waals surface area contributed by atoms with Gasteiger partial charge >= 0.3 is 6.09 Å². The van der Waals surface area contributed by atoms with Gasteiger partial charge in [-0.1, -0.05) is 58.2 Å². The average molecular weight is 577 g/mol. The molecule has 8 nitrogen and oxygen atoms in total. The van der Waals surface area contributed by atoms with Crippen molar-refractivity contribution in [2.24, 2.45) is 0 Å². The van der Waals surface area contributed by atoms with Gasteiger partial charge in [0.15, 0.2) is 0 Å². The first-order valence-electron chi connectivity index (χ1n) is 15.5. The molecule has 1 aromatic heterocycles. The van der Waals surface area contributed by atoms with Gasteiger partial charge in [-0.15, -0.1) is 0 Å². The molecule has 0 spiro atoms. The number of carbonyl (C=O) groups excluding carboxylic acids is 3. The fraction of sp³-hybridized carbons (Fsp3) is 0.588. The third-order valence-electron chi connectivity index (χ3n) is 8.12. The van der Waals surface area contributed by atoms with Crippen LogP contribution in [0.1, 0.15) is 110 Å². The second kappa shape index (κ2) is 13.3. The van der Waals surface area contributed by atoms with Crippen LogP contribution in [0.4, 0.5) is 10.5 Å². The summed E-state index contributed by atoms with van der Waals surface area (Å²) >= 11 is 0. The molecular formula is C34H48N4O4. The summed E-state index contributed by atoms with van der Waals surface area (Å²) in [6.45, 7) is 12.3. The van der Waals surface area contributed by atoms with Crippen molar-refractivity contribution in [1.29, 1.82) is 0 Å². The van der Waals surface area contributed by atoms with Crippen LogP contribution >= 0.6 is 0 Å². The number of hydrogen-bond donors (Lipinski definition) is 1. The number of hydrogen-bond acceptors (Lipinski definition) is 5. The summed E-state index contributed by atoms with van der Waals surface area (Å²) in [6, 6.07) is 9.85. The number of nitrogens with zero attached hydrogens (tertiary/aromatic N) is 3. The molecule has 4 rings (SSSR count). The van der Waals surface area contributed by atoms with Crippen molar-refractivity contribution in [1.82, 2.24) is 15.2 Å². The molecule has 8 heteroatoms. The van der Waals surface area contributed by atoms with E-state index in [0.29, 0.717) is 24.2 Å². The van der Waals surface area contributed by atoms with Crippen LogP contribution in [-0.2, 0) is 19.7 Å². The zero-order chi connectivity index (χ0) is 30.5. The van der Waals surface area contributed by atoms with Crippen LogP contribution < -0.4 is 10.2 Å². The fourth-order valence-corrected chi connectivity index (χ4v) is 5.90. The van der Waals surface area contributed by atoms with Crippen molar-refractivity contribution >= 4 is 23.6 Å². The zero-order valence-electron chi connectivity index (χ0n) is 26.2. The minimum Gasteiger partial charge on any atom is -0.444 e. The van der Waals surface area contributed by atoms with Crippen LogP contribution in [0.3, 0.4) is 0 Å². The Morgan fingerprint density at radius 1 is 0.929 bits per heavy atom. The second-order valence-electron chi connectivity index (χ2n) is 13.7. The van der Waals surface area contributed by atoms with Crippen molar-refractivity contribution in [2.75, 3.05) is 11.4 Å². The smallest absolute Gasteiger partial charge is 0.410 e. The molecule has 2 aliphatic rings. The van der Waals surface area contributed by atoms with Crippen molar-refractivity contribution in [3.05, 3.63) is 59.9 Å². The minimum absolute atomic E-state index is 0.0681. The van der Waals surface area contributed by atoms with Gasteiger partial charge in [0.05, 0.1) is 0 Å². The van der Waals surface area contributed by atoms with Crippen LogP contribution in [0.2, 0.25) is 0 Å². The molecule has 2 unspecified atom stereocenters. The van der Waals surface area contributed by atoms with E-state index in [4.69, 9.17) is 4.74 Å². The molecular weight excluding hydrogens is 528 g/mol. The quantitative estimate of drug-likeness (QED) is 0.414. The largest absolute Gasteiger partial charge is 0.444 e. The van der Waals surface area contributed by atoms with Crippen LogP contribution in [0, 0.1) is 0 Å². The fourth-order valence-electron chi connectivity index (χ4n) is 5.90. The Hall–Kier alpha value is -3.42. The van der Waals surface area contributed by atoms with Crippen molar-refractivity contribution in [3.63, 3.8) is 0 Å². The topological polar surface area (TPSA) is 91.8 Å². The molecule has 3 amide bonds. The maximum Gasteiger partial charge on any atom is 0.410 e. The van der Waals surface area contributed by atoms with E-state index in [1.54, 1.807) is 28.3 Å². The Morgan fingerprint density at radius 3 is 2.19 bits per heavy atom. The summed E-state index contributed by atoms with van der Waals surface area (Å²) in [5.74, 6) is -0.528. The second-order valence-corrected chi connectivity index (χ2v) is 13.7. The van der Waals surface area contributed by atoms with E-state index in [0.717, 1.165) is 44.1 Å². The molecule has 1 aliphatic heterocycles. The zero-order valence-corrected chi connectivity index (χ0v) is 26.2. The normalized spacial score (nSPS) is 19.1. The lowest BCUT2D eigenvalue weighted by Gasteiger charge is -2.40. The number of ether oxygens (including phenoxy) is 1. The summed E-state index contributed by atoms with van der Waals surface area (Å²) in [7, 11) is 0. The predicted octanol–water partition coefficient (Wildman–Crippen LogP) is 6.69. The lowest BCUT2D eigenvalue weighted by atomic mass is 9.87. The number of rotatable bonds is 6. The SMILES string of the molecule is CC(C)(C)OC(=O)N1CCCCC1C(=O)N(c1ccc(C(C)(C)C)cc1)C(C(=O)NC1CCCCC1)c1cccnc1. The Bertz CT molecular complexity index is 1210. The molecule has 42 heavy (non-hydrogen) atoms. The number of pyridine rings is 1. The maximum absolute atomic E-state index is 14.7. The third kappa shape index (κ3) is 7.90. The highest BCUT2D eigenvalue weighted by atomic mass is 16.6. The van der Waals surface area contributed by atoms with Gasteiger partial charge in [0.25, 0.3) is 5.91 Å². The molecule has 228 valence electrons. The molecule has 2 atom stereocenters. The number of piperidine rings is 1. The van der Waals surface area contributed by atoms with E-state index in [9.17, 15) is 14.4 Å². The Balaban J connectivity index is 1.79. The van der Waals surface area contributed by atoms with E-state index in [-0.39, 0.29) is 23.3 Å². The Morgan fingerprint density at radius 2 is 1.60 bits per heavy atom. The molecule has 1 N–H and O–H groups in total. The number of nitrogens with one attached hydrogen (secondary N) is 1. The molecule has 1 aliphatic carbocycles. The lowest BCUT2D eigenvalue weighted by molar-refractivity contribution is -0.130. The molecule has 1 saturated heterocycles. The van der Waals surface area contributed by atoms with Crippen LogP contribution in [0.15, 0.2) is 48.8 Å². The predicted molar refractivity (Wildman–Crippen MR) is 165 cm³/mol. The number of likely N-dealkylation sites (tertiary alicyclic amines) is 1. The molecule has 1 saturated carbocycles. The molecule has 2 aromatic rings. The van der Waals surface area contributed by atoms with Crippen molar-refractivity contribution in [3.8, 4) is 0 Å². The van der Waals surface area contributed by atoms with Gasteiger partial charge in [0.1, 0.15) is 17.7 Å². The van der Waals surface area contributed by atoms with E-state index >= 15 is 0 Å². The maximum atomic E-state index is 14.7. The van der Waals surface area contributed by atoms with Gasteiger partial charge in [-0.25, -0.2) is 4.79 Å². The number of carbonyl (C=O) groups is 3. The highest BCUT2D eigenvalue weighted by Gasteiger charge is 2.42. The van der Waals surface area contributed by atoms with Crippen LogP contribution in [-0.4, -0.2) is 52.0 Å². The van der Waals surface area contributed by atoms with E-state index in [1.165, 1.54) is 6.42 Å². The summed E-state index contributed by atoms with van der Waals surface area (Å²) in [6.07, 6.45) is 10.1. The van der Waals surface area contributed by atoms with Gasteiger partial charge in [0, 0.05) is 36.2 Å². The first-order valence-corrected chi connectivity index (χ1v) is 15.5. The minimum atomic E-state index is -0.948. The van der Waals surface area contributed by atoms with Gasteiger partial charge < -0.3 is 10.1 Å². The summed E-state index contributed by atoms with van der Waals surface area (Å²) < 4.78 is 5.72. The lowest BCUT2D eigenvalue weighted by Crippen LogP contribution is -2.56. The number of anilines is 1. The van der Waals surface area contributed by atoms with Gasteiger partial charge in [-0.3, -0.25) is 24.4 Å². The summed E-state index contributed by atoms with van der Waals surface area (Å²) in [5.41, 5.74) is 1.58. The Labute approximate surface area is 251 Å². The molecule has 1 aromatic carbocycles. The van der Waals surface area contributed by atoms with Crippen LogP contribution in [0.5, 0.6) is 0 Å². The van der Waals surface area contributed by atoms with E-state index < -0.39 is 23.8 Å². The highest BCUT2D eigenvalue weighted by Crippen LogP contribution is 2.34. The first kappa shape index (κ1) is 31.5. The van der Waals surface area contributed by atoms with Crippen molar-refractivity contribution < 1.29 is 19.1 Å². The van der Waals surface area contributed by atoms with Gasteiger partial charge in [-0.2, -0.15) is 0 Å². The van der Waals surface area contributed by atoms with Gasteiger partial charge in [-0.05, 0) is 82.1 Å². The Kier molecular flexibility index (Phi) is 9.95. The molecule has 0 radical (unpaired) electrons. The van der Waals surface area contributed by atoms with E-state index in [1.807, 2.05) is 51.1 Å². The van der Waals surface area contributed by atoms with Gasteiger partial charge in [0.2, 0.25) is 5.91 Å². The van der Waals surface area contributed by atoms with Crippen molar-refractivity contribution in [2.45, 2.75) is 122 Å². The average Bonchev–Trinajstić information content (AvgIpc) is 2.95. The molecule has 2 heterocycles.